The van der Waals surface area contributed by atoms with E-state index in [1.807, 2.05) is 42.5 Å². The van der Waals surface area contributed by atoms with E-state index in [9.17, 15) is 9.59 Å². The smallest absolute Gasteiger partial charge is 0.275 e. The van der Waals surface area contributed by atoms with Crippen LogP contribution in [0.3, 0.4) is 0 Å². The van der Waals surface area contributed by atoms with Gasteiger partial charge in [0.1, 0.15) is 5.69 Å². The van der Waals surface area contributed by atoms with Gasteiger partial charge in [0.05, 0.1) is 21.1 Å². The molecule has 1 saturated carbocycles. The molecule has 30 heavy (non-hydrogen) atoms. The summed E-state index contributed by atoms with van der Waals surface area (Å²) in [6.45, 7) is 2.10. The average Bonchev–Trinajstić information content (AvgIpc) is 3.12. The van der Waals surface area contributed by atoms with Crippen molar-refractivity contribution in [3.05, 3.63) is 70.7 Å². The van der Waals surface area contributed by atoms with Gasteiger partial charge in [0.2, 0.25) is 5.91 Å². The normalized spacial score (nSPS) is 20.1. The van der Waals surface area contributed by atoms with Crippen LogP contribution in [0.25, 0.3) is 10.2 Å². The van der Waals surface area contributed by atoms with Crippen LogP contribution in [0.1, 0.15) is 29.4 Å². The van der Waals surface area contributed by atoms with Crippen molar-refractivity contribution in [2.75, 3.05) is 10.6 Å². The Kier molecular flexibility index (Phi) is 4.60. The fraction of sp³-hybridized carbons (Fsp3) is 0.182. The lowest BCUT2D eigenvalue weighted by Crippen LogP contribution is -2.29. The van der Waals surface area contributed by atoms with Gasteiger partial charge >= 0.3 is 0 Å². The number of nitrogens with zero attached hydrogens (tertiary/aromatic N) is 2. The number of hydrogen-bond donors (Lipinski definition) is 2. The predicted octanol–water partition coefficient (Wildman–Crippen LogP) is 4.92. The molecule has 0 aliphatic heterocycles. The van der Waals surface area contributed by atoms with Crippen molar-refractivity contribution >= 4 is 55.5 Å². The number of thiazole rings is 2. The molecule has 0 bridgehead atoms. The van der Waals surface area contributed by atoms with E-state index in [1.54, 1.807) is 17.0 Å². The van der Waals surface area contributed by atoms with Gasteiger partial charge in [-0.15, -0.1) is 11.3 Å². The third-order valence-corrected chi connectivity index (χ3v) is 7.06. The Labute approximate surface area is 181 Å². The minimum Gasteiger partial charge on any atom is -0.321 e. The first-order valence-corrected chi connectivity index (χ1v) is 11.3. The fourth-order valence-corrected chi connectivity index (χ4v) is 5.23. The molecule has 6 nitrogen and oxygen atoms in total. The fourth-order valence-electron chi connectivity index (χ4n) is 3.79. The highest BCUT2D eigenvalue weighted by atomic mass is 32.1. The monoisotopic (exact) mass is 434 g/mol. The first kappa shape index (κ1) is 18.9. The Morgan fingerprint density at radius 1 is 1.13 bits per heavy atom. The molecule has 2 amide bonds. The minimum absolute atomic E-state index is 0.0164. The summed E-state index contributed by atoms with van der Waals surface area (Å²) in [5, 5.41) is 8.13. The third-order valence-electron chi connectivity index (χ3n) is 5.54. The van der Waals surface area contributed by atoms with Gasteiger partial charge in [-0.2, -0.15) is 0 Å². The van der Waals surface area contributed by atoms with Crippen molar-refractivity contribution in [3.8, 4) is 0 Å². The maximum Gasteiger partial charge on any atom is 0.275 e. The molecule has 0 spiro atoms. The number of fused-ring (bicyclic) bond motifs is 1. The SMILES string of the molecule is CC1CC1(C(=O)Nc1nc2ccc(NC(=O)c3cscn3)cc2s1)c1ccccc1. The Bertz CT molecular complexity index is 1240. The molecule has 0 saturated heterocycles. The van der Waals surface area contributed by atoms with E-state index < -0.39 is 5.41 Å². The number of anilines is 2. The highest BCUT2D eigenvalue weighted by molar-refractivity contribution is 7.22. The van der Waals surface area contributed by atoms with Crippen LogP contribution < -0.4 is 10.6 Å². The molecule has 5 rings (SSSR count). The summed E-state index contributed by atoms with van der Waals surface area (Å²) in [6.07, 6.45) is 0.834. The quantitative estimate of drug-likeness (QED) is 0.467. The summed E-state index contributed by atoms with van der Waals surface area (Å²) in [7, 11) is 0. The molecule has 2 aromatic carbocycles. The molecule has 2 atom stereocenters. The molecule has 0 radical (unpaired) electrons. The predicted molar refractivity (Wildman–Crippen MR) is 120 cm³/mol. The first-order valence-electron chi connectivity index (χ1n) is 9.53. The molecule has 1 aliphatic carbocycles. The van der Waals surface area contributed by atoms with Gasteiger partial charge in [0.15, 0.2) is 5.13 Å². The Morgan fingerprint density at radius 3 is 2.63 bits per heavy atom. The van der Waals surface area contributed by atoms with Crippen molar-refractivity contribution in [1.82, 2.24) is 9.97 Å². The molecule has 2 unspecified atom stereocenters. The van der Waals surface area contributed by atoms with Gasteiger partial charge in [0.25, 0.3) is 5.91 Å². The number of carbonyl (C=O) groups is 2. The van der Waals surface area contributed by atoms with Crippen molar-refractivity contribution in [1.29, 1.82) is 0 Å². The lowest BCUT2D eigenvalue weighted by molar-refractivity contribution is -0.118. The van der Waals surface area contributed by atoms with Crippen LogP contribution in [0, 0.1) is 5.92 Å². The lowest BCUT2D eigenvalue weighted by Gasteiger charge is -2.15. The molecular weight excluding hydrogens is 416 g/mol. The van der Waals surface area contributed by atoms with E-state index in [1.165, 1.54) is 22.7 Å². The van der Waals surface area contributed by atoms with Crippen LogP contribution in [-0.4, -0.2) is 21.8 Å². The largest absolute Gasteiger partial charge is 0.321 e. The van der Waals surface area contributed by atoms with Gasteiger partial charge in [-0.3, -0.25) is 9.59 Å². The van der Waals surface area contributed by atoms with E-state index >= 15 is 0 Å². The highest BCUT2D eigenvalue weighted by Crippen LogP contribution is 2.54. The molecule has 4 aromatic rings. The third kappa shape index (κ3) is 3.28. The first-order chi connectivity index (χ1) is 14.6. The van der Waals surface area contributed by atoms with E-state index in [-0.39, 0.29) is 11.8 Å². The van der Waals surface area contributed by atoms with E-state index in [0.717, 1.165) is 22.2 Å². The number of amides is 2. The zero-order chi connectivity index (χ0) is 20.7. The summed E-state index contributed by atoms with van der Waals surface area (Å²) < 4.78 is 0.888. The standard InChI is InChI=1S/C22H18N4O2S2/c1-13-10-22(13,14-5-3-2-4-6-14)20(28)26-21-25-16-8-7-15(9-18(16)30-21)24-19(27)17-11-29-12-23-17/h2-9,11-13H,10H2,1H3,(H,24,27)(H,25,26,28). The van der Waals surface area contributed by atoms with Crippen molar-refractivity contribution < 1.29 is 9.59 Å². The second kappa shape index (κ2) is 7.30. The van der Waals surface area contributed by atoms with Gasteiger partial charge in [-0.1, -0.05) is 48.6 Å². The highest BCUT2D eigenvalue weighted by Gasteiger charge is 2.58. The molecule has 2 aromatic heterocycles. The van der Waals surface area contributed by atoms with Crippen molar-refractivity contribution in [2.45, 2.75) is 18.8 Å². The Hall–Kier alpha value is -3.10. The van der Waals surface area contributed by atoms with E-state index in [0.29, 0.717) is 22.4 Å². The topological polar surface area (TPSA) is 84.0 Å². The molecule has 150 valence electrons. The second-order valence-electron chi connectivity index (χ2n) is 7.43. The van der Waals surface area contributed by atoms with Gasteiger partial charge in [0, 0.05) is 11.1 Å². The van der Waals surface area contributed by atoms with Crippen LogP contribution >= 0.6 is 22.7 Å². The summed E-state index contributed by atoms with van der Waals surface area (Å²) >= 11 is 2.77. The second-order valence-corrected chi connectivity index (χ2v) is 9.18. The maximum absolute atomic E-state index is 13.1. The Morgan fingerprint density at radius 2 is 1.93 bits per heavy atom. The van der Waals surface area contributed by atoms with E-state index in [4.69, 9.17) is 0 Å². The van der Waals surface area contributed by atoms with Crippen LogP contribution in [0.15, 0.2) is 59.4 Å². The molecule has 2 heterocycles. The molecule has 8 heteroatoms. The maximum atomic E-state index is 13.1. The number of rotatable bonds is 5. The Balaban J connectivity index is 1.35. The summed E-state index contributed by atoms with van der Waals surface area (Å²) in [5.41, 5.74) is 4.02. The number of carbonyl (C=O) groups excluding carboxylic acids is 2. The van der Waals surface area contributed by atoms with Crippen molar-refractivity contribution in [3.63, 3.8) is 0 Å². The molecule has 1 aliphatic rings. The minimum atomic E-state index is -0.480. The lowest BCUT2D eigenvalue weighted by atomic mass is 9.92. The van der Waals surface area contributed by atoms with Gasteiger partial charge in [-0.05, 0) is 36.1 Å². The molecular formula is C22H18N4O2S2. The van der Waals surface area contributed by atoms with Crippen LogP contribution in [-0.2, 0) is 10.2 Å². The number of hydrogen-bond acceptors (Lipinski definition) is 6. The van der Waals surface area contributed by atoms with Gasteiger partial charge < -0.3 is 10.6 Å². The summed E-state index contributed by atoms with van der Waals surface area (Å²) in [4.78, 5) is 33.9. The average molecular weight is 435 g/mol. The van der Waals surface area contributed by atoms with Crippen LogP contribution in [0.5, 0.6) is 0 Å². The summed E-state index contributed by atoms with van der Waals surface area (Å²) in [6, 6.07) is 15.4. The number of benzene rings is 2. The zero-order valence-electron chi connectivity index (χ0n) is 16.1. The van der Waals surface area contributed by atoms with E-state index in [2.05, 4.69) is 27.5 Å². The van der Waals surface area contributed by atoms with Crippen LogP contribution in [0.4, 0.5) is 10.8 Å². The summed E-state index contributed by atoms with van der Waals surface area (Å²) in [5.74, 6) is 0.0280. The van der Waals surface area contributed by atoms with Crippen molar-refractivity contribution in [2.24, 2.45) is 5.92 Å². The molecule has 2 N–H and O–H groups in total. The number of nitrogens with one attached hydrogen (secondary N) is 2. The van der Waals surface area contributed by atoms with Gasteiger partial charge in [-0.25, -0.2) is 9.97 Å². The molecule has 1 fully saturated rings. The van der Waals surface area contributed by atoms with Crippen LogP contribution in [0.2, 0.25) is 0 Å². The number of aromatic nitrogens is 2. The zero-order valence-corrected chi connectivity index (χ0v) is 17.7.